The van der Waals surface area contributed by atoms with Crippen LogP contribution in [-0.2, 0) is 19.6 Å². The second kappa shape index (κ2) is 5.24. The lowest BCUT2D eigenvalue weighted by atomic mass is 10.1. The number of hydrogen-bond donors (Lipinski definition) is 1. The highest BCUT2D eigenvalue weighted by atomic mass is 16.3. The average Bonchev–Trinajstić information content (AvgIpc) is 3.27. The van der Waals surface area contributed by atoms with E-state index in [4.69, 9.17) is 0 Å². The van der Waals surface area contributed by atoms with Crippen molar-refractivity contribution in [1.29, 1.82) is 0 Å². The van der Waals surface area contributed by atoms with E-state index in [2.05, 4.69) is 37.9 Å². The van der Waals surface area contributed by atoms with Crippen LogP contribution in [0.25, 0.3) is 0 Å². The lowest BCUT2D eigenvalue weighted by molar-refractivity contribution is 0.147. The van der Waals surface area contributed by atoms with E-state index >= 15 is 0 Å². The molecule has 0 radical (unpaired) electrons. The van der Waals surface area contributed by atoms with Crippen molar-refractivity contribution in [3.05, 3.63) is 47.5 Å². The SMILES string of the molecule is O[C@@H](c1cc2n(n1)CCN(Cc1ccncc1)C2)C1CC1. The zero-order valence-corrected chi connectivity index (χ0v) is 12.0. The maximum atomic E-state index is 10.2. The van der Waals surface area contributed by atoms with Gasteiger partial charge in [-0.05, 0) is 42.5 Å². The van der Waals surface area contributed by atoms with Crippen molar-refractivity contribution in [1.82, 2.24) is 19.7 Å². The van der Waals surface area contributed by atoms with Crippen LogP contribution in [0.5, 0.6) is 0 Å². The monoisotopic (exact) mass is 284 g/mol. The largest absolute Gasteiger partial charge is 0.386 e. The molecule has 5 heteroatoms. The van der Waals surface area contributed by atoms with Crippen LogP contribution in [0.15, 0.2) is 30.6 Å². The fourth-order valence-corrected chi connectivity index (χ4v) is 3.02. The molecule has 0 bridgehead atoms. The van der Waals surface area contributed by atoms with Crippen molar-refractivity contribution < 1.29 is 5.11 Å². The van der Waals surface area contributed by atoms with Crippen LogP contribution >= 0.6 is 0 Å². The van der Waals surface area contributed by atoms with E-state index in [1.807, 2.05) is 12.4 Å². The van der Waals surface area contributed by atoms with Gasteiger partial charge in [-0.1, -0.05) is 0 Å². The fourth-order valence-electron chi connectivity index (χ4n) is 3.02. The predicted molar refractivity (Wildman–Crippen MR) is 78.3 cm³/mol. The van der Waals surface area contributed by atoms with Gasteiger partial charge in [-0.15, -0.1) is 0 Å². The molecule has 5 nitrogen and oxygen atoms in total. The van der Waals surface area contributed by atoms with Crippen LogP contribution in [0.3, 0.4) is 0 Å². The molecule has 0 saturated heterocycles. The molecule has 0 aromatic carbocycles. The van der Waals surface area contributed by atoms with Crippen LogP contribution < -0.4 is 0 Å². The summed E-state index contributed by atoms with van der Waals surface area (Å²) in [6, 6.07) is 6.21. The Balaban J connectivity index is 1.47. The van der Waals surface area contributed by atoms with E-state index in [0.717, 1.165) is 44.7 Å². The molecular weight excluding hydrogens is 264 g/mol. The summed E-state index contributed by atoms with van der Waals surface area (Å²) in [7, 11) is 0. The first-order chi connectivity index (χ1) is 10.3. The number of aliphatic hydroxyl groups excluding tert-OH is 1. The Bertz CT molecular complexity index is 620. The zero-order chi connectivity index (χ0) is 14.2. The third kappa shape index (κ3) is 2.71. The first-order valence-corrected chi connectivity index (χ1v) is 7.65. The average molecular weight is 284 g/mol. The summed E-state index contributed by atoms with van der Waals surface area (Å²) in [5, 5.41) is 14.8. The van der Waals surface area contributed by atoms with E-state index in [9.17, 15) is 5.11 Å². The van der Waals surface area contributed by atoms with E-state index < -0.39 is 0 Å². The molecule has 4 rings (SSSR count). The normalized spacial score (nSPS) is 20.2. The molecule has 110 valence electrons. The van der Waals surface area contributed by atoms with E-state index in [1.54, 1.807) is 0 Å². The highest BCUT2D eigenvalue weighted by molar-refractivity contribution is 5.17. The van der Waals surface area contributed by atoms with Gasteiger partial charge in [0, 0.05) is 32.0 Å². The number of hydrogen-bond acceptors (Lipinski definition) is 4. The number of nitrogens with zero attached hydrogens (tertiary/aromatic N) is 4. The van der Waals surface area contributed by atoms with E-state index in [0.29, 0.717) is 5.92 Å². The maximum Gasteiger partial charge on any atom is 0.101 e. The second-order valence-electron chi connectivity index (χ2n) is 6.13. The van der Waals surface area contributed by atoms with Crippen LogP contribution in [0, 0.1) is 5.92 Å². The first kappa shape index (κ1) is 13.0. The number of aliphatic hydroxyl groups is 1. The van der Waals surface area contributed by atoms with Crippen molar-refractivity contribution >= 4 is 0 Å². The predicted octanol–water partition coefficient (Wildman–Crippen LogP) is 1.74. The van der Waals surface area contributed by atoms with Gasteiger partial charge in [0.1, 0.15) is 6.10 Å². The molecule has 1 aliphatic heterocycles. The number of fused-ring (bicyclic) bond motifs is 1. The minimum absolute atomic E-state index is 0.364. The van der Waals surface area contributed by atoms with Crippen LogP contribution in [0.1, 0.15) is 35.9 Å². The van der Waals surface area contributed by atoms with Crippen molar-refractivity contribution in [2.45, 2.75) is 38.6 Å². The number of pyridine rings is 1. The molecule has 2 aliphatic rings. The molecule has 0 spiro atoms. The Kier molecular flexibility index (Phi) is 3.24. The molecule has 1 fully saturated rings. The minimum atomic E-state index is -0.364. The van der Waals surface area contributed by atoms with Crippen LogP contribution in [0.4, 0.5) is 0 Å². The maximum absolute atomic E-state index is 10.2. The Labute approximate surface area is 124 Å². The third-order valence-corrected chi connectivity index (χ3v) is 4.42. The summed E-state index contributed by atoms with van der Waals surface area (Å²) < 4.78 is 2.06. The topological polar surface area (TPSA) is 54.2 Å². The summed E-state index contributed by atoms with van der Waals surface area (Å²) in [5.74, 6) is 0.440. The number of rotatable bonds is 4. The lowest BCUT2D eigenvalue weighted by Crippen LogP contribution is -2.33. The molecule has 21 heavy (non-hydrogen) atoms. The standard InChI is InChI=1S/C16H20N4O/c21-16(13-1-2-13)15-9-14-11-19(7-8-20(14)18-15)10-12-3-5-17-6-4-12/h3-6,9,13,16,21H,1-2,7-8,10-11H2/t16-/m1/s1. The van der Waals surface area contributed by atoms with Gasteiger partial charge in [-0.25, -0.2) is 0 Å². The molecule has 1 aliphatic carbocycles. The van der Waals surface area contributed by atoms with Crippen molar-refractivity contribution in [3.8, 4) is 0 Å². The van der Waals surface area contributed by atoms with E-state index in [1.165, 1.54) is 11.3 Å². The van der Waals surface area contributed by atoms with Crippen molar-refractivity contribution in [2.75, 3.05) is 6.54 Å². The summed E-state index contributed by atoms with van der Waals surface area (Å²) >= 11 is 0. The smallest absolute Gasteiger partial charge is 0.101 e. The zero-order valence-electron chi connectivity index (χ0n) is 12.0. The summed E-state index contributed by atoms with van der Waals surface area (Å²) in [4.78, 5) is 6.48. The molecule has 3 heterocycles. The second-order valence-corrected chi connectivity index (χ2v) is 6.13. The van der Waals surface area contributed by atoms with Gasteiger partial charge in [-0.2, -0.15) is 5.10 Å². The van der Waals surface area contributed by atoms with Crippen LogP contribution in [0.2, 0.25) is 0 Å². The van der Waals surface area contributed by atoms with Gasteiger partial charge in [0.2, 0.25) is 0 Å². The first-order valence-electron chi connectivity index (χ1n) is 7.65. The number of aromatic nitrogens is 3. The van der Waals surface area contributed by atoms with Gasteiger partial charge < -0.3 is 5.11 Å². The fraction of sp³-hybridized carbons (Fsp3) is 0.500. The van der Waals surface area contributed by atoms with Crippen molar-refractivity contribution in [2.24, 2.45) is 5.92 Å². The van der Waals surface area contributed by atoms with Gasteiger partial charge >= 0.3 is 0 Å². The van der Waals surface area contributed by atoms with Crippen molar-refractivity contribution in [3.63, 3.8) is 0 Å². The Morgan fingerprint density at radius 3 is 2.81 bits per heavy atom. The summed E-state index contributed by atoms with van der Waals surface area (Å²) in [5.41, 5.74) is 3.36. The molecule has 1 atom stereocenters. The molecule has 1 saturated carbocycles. The van der Waals surface area contributed by atoms with Gasteiger partial charge in [0.15, 0.2) is 0 Å². The Hall–Kier alpha value is -1.72. The van der Waals surface area contributed by atoms with Crippen LogP contribution in [-0.4, -0.2) is 31.3 Å². The molecule has 0 unspecified atom stereocenters. The molecule has 1 N–H and O–H groups in total. The highest BCUT2D eigenvalue weighted by Crippen LogP contribution is 2.40. The quantitative estimate of drug-likeness (QED) is 0.929. The summed E-state index contributed by atoms with van der Waals surface area (Å²) in [6.45, 7) is 3.73. The molecule has 2 aromatic rings. The summed E-state index contributed by atoms with van der Waals surface area (Å²) in [6.07, 6.45) is 5.59. The Morgan fingerprint density at radius 2 is 2.05 bits per heavy atom. The van der Waals surface area contributed by atoms with Gasteiger partial charge in [0.05, 0.1) is 17.9 Å². The lowest BCUT2D eigenvalue weighted by Gasteiger charge is -2.27. The minimum Gasteiger partial charge on any atom is -0.386 e. The third-order valence-electron chi connectivity index (χ3n) is 4.42. The van der Waals surface area contributed by atoms with E-state index in [-0.39, 0.29) is 6.10 Å². The van der Waals surface area contributed by atoms with Gasteiger partial charge in [0.25, 0.3) is 0 Å². The molecular formula is C16H20N4O. The Morgan fingerprint density at radius 1 is 1.24 bits per heavy atom. The molecule has 2 aromatic heterocycles. The highest BCUT2D eigenvalue weighted by Gasteiger charge is 2.33. The molecule has 0 amide bonds. The van der Waals surface area contributed by atoms with Gasteiger partial charge in [-0.3, -0.25) is 14.6 Å².